The molecule has 7 heterocycles. The Morgan fingerprint density at radius 3 is 1.39 bits per heavy atom. The second kappa shape index (κ2) is 11.5. The van der Waals surface area contributed by atoms with Gasteiger partial charge in [-0.3, -0.25) is 9.80 Å². The molecule has 0 aromatic carbocycles. The van der Waals surface area contributed by atoms with E-state index in [1.165, 1.54) is 71.1 Å². The Bertz CT molecular complexity index is 662. The first-order valence-electron chi connectivity index (χ1n) is 15.5. The molecule has 7 rings (SSSR count). The van der Waals surface area contributed by atoms with Crippen LogP contribution in [0.3, 0.4) is 0 Å². The minimum Gasteiger partial charge on any atom is -0.303 e. The van der Waals surface area contributed by atoms with Gasteiger partial charge < -0.3 is 14.7 Å². The van der Waals surface area contributed by atoms with Crippen molar-refractivity contribution in [1.82, 2.24) is 24.5 Å². The fourth-order valence-electron chi connectivity index (χ4n) is 8.90. The molecule has 0 saturated carbocycles. The van der Waals surface area contributed by atoms with Crippen LogP contribution in [0, 0.1) is 11.8 Å². The first-order valence-corrected chi connectivity index (χ1v) is 15.5. The Morgan fingerprint density at radius 2 is 1.00 bits per heavy atom. The van der Waals surface area contributed by atoms with Crippen molar-refractivity contribution in [2.24, 2.45) is 11.8 Å². The van der Waals surface area contributed by atoms with E-state index >= 15 is 0 Å². The third-order valence-corrected chi connectivity index (χ3v) is 10.5. The number of fused-ring (bicyclic) bond motifs is 6. The van der Waals surface area contributed by atoms with Crippen LogP contribution in [0.4, 0.5) is 0 Å². The van der Waals surface area contributed by atoms with Crippen molar-refractivity contribution in [3.63, 3.8) is 0 Å². The maximum absolute atomic E-state index is 2.74. The van der Waals surface area contributed by atoms with Crippen LogP contribution in [0.15, 0.2) is 0 Å². The van der Waals surface area contributed by atoms with Crippen LogP contribution in [0.1, 0.15) is 93.4 Å². The van der Waals surface area contributed by atoms with Gasteiger partial charge in [-0.2, -0.15) is 0 Å². The molecule has 0 amide bonds. The summed E-state index contributed by atoms with van der Waals surface area (Å²) in [5, 5.41) is 0. The smallest absolute Gasteiger partial charge is 0.0244 e. The molecule has 5 unspecified atom stereocenters. The molecule has 210 valence electrons. The van der Waals surface area contributed by atoms with Gasteiger partial charge >= 0.3 is 0 Å². The average molecular weight is 504 g/mol. The van der Waals surface area contributed by atoms with Crippen LogP contribution in [0.25, 0.3) is 0 Å². The van der Waals surface area contributed by atoms with Gasteiger partial charge in [0.2, 0.25) is 0 Å². The molecule has 0 aromatic rings. The molecule has 0 N–H and O–H groups in total. The molecule has 5 nitrogen and oxygen atoms in total. The summed E-state index contributed by atoms with van der Waals surface area (Å²) in [6.07, 6.45) is 10.1. The topological polar surface area (TPSA) is 16.2 Å². The van der Waals surface area contributed by atoms with Gasteiger partial charge in [0.25, 0.3) is 0 Å². The number of likely N-dealkylation sites (tertiary alicyclic amines) is 1. The molecule has 7 saturated heterocycles. The normalized spacial score (nSPS) is 39.5. The summed E-state index contributed by atoms with van der Waals surface area (Å²) in [4.78, 5) is 13.0. The second-order valence-electron chi connectivity index (χ2n) is 15.0. The van der Waals surface area contributed by atoms with E-state index in [1.807, 2.05) is 0 Å². The van der Waals surface area contributed by atoms with Gasteiger partial charge in [-0.1, -0.05) is 13.8 Å². The largest absolute Gasteiger partial charge is 0.303 e. The second-order valence-corrected chi connectivity index (χ2v) is 15.0. The van der Waals surface area contributed by atoms with E-state index in [0.29, 0.717) is 5.54 Å². The number of piperidine rings is 2. The minimum atomic E-state index is 0.368. The van der Waals surface area contributed by atoms with Crippen molar-refractivity contribution in [2.45, 2.75) is 141 Å². The van der Waals surface area contributed by atoms with Crippen LogP contribution in [-0.4, -0.2) is 120 Å². The van der Waals surface area contributed by atoms with E-state index in [1.54, 1.807) is 0 Å². The summed E-state index contributed by atoms with van der Waals surface area (Å²) in [7, 11) is 6.81. The standard InChI is InChI=1S/C11H22N2.C11H21N.C9H18N2/c1-11(2,3)13-9-5-6-10(13)8-12(4)7-9;1-8(2)9-6-10-4-5-11(7-9)12(10)3;1-7(2)11-8-4-9(11)6-10(3)5-8/h9-10H,5-8H2,1-4H3;8-11H,4-7H2,1-3H3;7-9H,4-6H2,1-3H3/t;9?,10-,11+;. The molecular weight excluding hydrogens is 442 g/mol. The molecule has 7 atom stereocenters. The highest BCUT2D eigenvalue weighted by atomic mass is 15.4. The maximum Gasteiger partial charge on any atom is 0.0244 e. The monoisotopic (exact) mass is 503 g/mol. The zero-order chi connectivity index (χ0) is 26.4. The van der Waals surface area contributed by atoms with Crippen molar-refractivity contribution < 1.29 is 0 Å². The zero-order valence-electron chi connectivity index (χ0n) is 25.7. The highest BCUT2D eigenvalue weighted by molar-refractivity contribution is 5.01. The maximum atomic E-state index is 2.74. The van der Waals surface area contributed by atoms with E-state index in [9.17, 15) is 0 Å². The quantitative estimate of drug-likeness (QED) is 0.533. The molecule has 5 heteroatoms. The van der Waals surface area contributed by atoms with E-state index in [4.69, 9.17) is 0 Å². The van der Waals surface area contributed by atoms with Crippen molar-refractivity contribution in [1.29, 1.82) is 0 Å². The van der Waals surface area contributed by atoms with Crippen LogP contribution in [-0.2, 0) is 0 Å². The molecule has 7 aliphatic heterocycles. The Morgan fingerprint density at radius 1 is 0.583 bits per heavy atom. The molecule has 6 bridgehead atoms. The number of hydrogen-bond donors (Lipinski definition) is 0. The number of rotatable bonds is 2. The van der Waals surface area contributed by atoms with Gasteiger partial charge in [0.1, 0.15) is 0 Å². The Kier molecular flexibility index (Phi) is 9.20. The molecule has 0 aromatic heterocycles. The van der Waals surface area contributed by atoms with Gasteiger partial charge in [0.15, 0.2) is 0 Å². The lowest BCUT2D eigenvalue weighted by atomic mass is 9.83. The summed E-state index contributed by atoms with van der Waals surface area (Å²) in [5.41, 5.74) is 0.368. The van der Waals surface area contributed by atoms with Gasteiger partial charge in [0, 0.05) is 74.0 Å². The average Bonchev–Trinajstić information content (AvgIpc) is 3.14. The SMILES string of the molecule is CC(C)C1C[C@H]2CC[C@@H](C1)N2C.CC(C)N1C2CC1CN(C)C2.CN1CC2CCC(C1)N2C(C)(C)C. The summed E-state index contributed by atoms with van der Waals surface area (Å²) in [5.74, 6) is 1.92. The highest BCUT2D eigenvalue weighted by Crippen LogP contribution is 2.40. The van der Waals surface area contributed by atoms with E-state index in [0.717, 1.165) is 54.1 Å². The number of hydrogen-bond acceptors (Lipinski definition) is 5. The minimum absolute atomic E-state index is 0.368. The fourth-order valence-corrected chi connectivity index (χ4v) is 8.90. The van der Waals surface area contributed by atoms with Gasteiger partial charge in [0.05, 0.1) is 0 Å². The third kappa shape index (κ3) is 6.33. The Hall–Kier alpha value is -0.200. The summed E-state index contributed by atoms with van der Waals surface area (Å²) in [6.45, 7) is 21.6. The van der Waals surface area contributed by atoms with Crippen molar-refractivity contribution in [3.05, 3.63) is 0 Å². The lowest BCUT2D eigenvalue weighted by Crippen LogP contribution is -2.69. The zero-order valence-corrected chi connectivity index (χ0v) is 25.7. The number of nitrogens with zero attached hydrogens (tertiary/aromatic N) is 5. The summed E-state index contributed by atoms with van der Waals surface area (Å²) < 4.78 is 0. The van der Waals surface area contributed by atoms with Gasteiger partial charge in [-0.05, 0) is 113 Å². The molecule has 7 aliphatic rings. The molecule has 0 radical (unpaired) electrons. The van der Waals surface area contributed by atoms with Crippen LogP contribution in [0.2, 0.25) is 0 Å². The highest BCUT2D eigenvalue weighted by Gasteiger charge is 2.45. The third-order valence-electron chi connectivity index (χ3n) is 10.5. The first-order chi connectivity index (χ1) is 16.8. The molecule has 7 fully saturated rings. The van der Waals surface area contributed by atoms with E-state index in [-0.39, 0.29) is 0 Å². The number of piperazine rings is 2. The van der Waals surface area contributed by atoms with Crippen LogP contribution in [0.5, 0.6) is 0 Å². The van der Waals surface area contributed by atoms with Gasteiger partial charge in [-0.15, -0.1) is 0 Å². The Balaban J connectivity index is 0.000000127. The predicted molar refractivity (Wildman–Crippen MR) is 155 cm³/mol. The first kappa shape index (κ1) is 28.8. The van der Waals surface area contributed by atoms with E-state index in [2.05, 4.69) is 94.1 Å². The summed E-state index contributed by atoms with van der Waals surface area (Å²) in [6, 6.07) is 6.00. The van der Waals surface area contributed by atoms with E-state index < -0.39 is 0 Å². The van der Waals surface area contributed by atoms with Crippen molar-refractivity contribution >= 4 is 0 Å². The lowest BCUT2D eigenvalue weighted by Gasteiger charge is -2.57. The fraction of sp³-hybridized carbons (Fsp3) is 1.00. The lowest BCUT2D eigenvalue weighted by molar-refractivity contribution is -0.0804. The molecule has 36 heavy (non-hydrogen) atoms. The van der Waals surface area contributed by atoms with Gasteiger partial charge in [-0.25, -0.2) is 0 Å². The molecular formula is C31H61N5. The van der Waals surface area contributed by atoms with Crippen molar-refractivity contribution in [3.8, 4) is 0 Å². The molecule has 0 aliphatic carbocycles. The Labute approximate surface area is 224 Å². The predicted octanol–water partition coefficient (Wildman–Crippen LogP) is 4.86. The van der Waals surface area contributed by atoms with Crippen molar-refractivity contribution in [2.75, 3.05) is 47.3 Å². The van der Waals surface area contributed by atoms with Crippen LogP contribution >= 0.6 is 0 Å². The summed E-state index contributed by atoms with van der Waals surface area (Å²) >= 11 is 0. The van der Waals surface area contributed by atoms with Crippen LogP contribution < -0.4 is 0 Å². The number of likely N-dealkylation sites (N-methyl/N-ethyl adjacent to an activating group) is 2. The molecule has 0 spiro atoms.